The van der Waals surface area contributed by atoms with Crippen molar-refractivity contribution < 1.29 is 14.3 Å². The van der Waals surface area contributed by atoms with Crippen LogP contribution in [0.4, 0.5) is 9.80 Å². The van der Waals surface area contributed by atoms with Crippen molar-refractivity contribution in [1.29, 1.82) is 5.26 Å². The zero-order chi connectivity index (χ0) is 27.1. The molecule has 1 aliphatic rings. The third kappa shape index (κ3) is 5.04. The highest BCUT2D eigenvalue weighted by Crippen LogP contribution is 2.42. The van der Waals surface area contributed by atoms with Gasteiger partial charge in [-0.05, 0) is 75.7 Å². The average molecular weight is 535 g/mol. The number of fused-ring (bicyclic) bond motifs is 2. The lowest BCUT2D eigenvalue weighted by molar-refractivity contribution is 0.0636. The molecule has 0 fully saturated rings. The number of amides is 1. The molecule has 0 aliphatic carbocycles. The molecule has 3 aromatic rings. The highest BCUT2D eigenvalue weighted by Gasteiger charge is 2.28. The van der Waals surface area contributed by atoms with Gasteiger partial charge in [-0.2, -0.15) is 5.26 Å². The molecule has 192 valence electrons. The summed E-state index contributed by atoms with van der Waals surface area (Å²) in [7, 11) is 2.89. The molecule has 9 heteroatoms. The van der Waals surface area contributed by atoms with Gasteiger partial charge in [0.25, 0.3) is 0 Å². The van der Waals surface area contributed by atoms with Gasteiger partial charge in [0, 0.05) is 39.5 Å². The Morgan fingerprint density at radius 1 is 1.32 bits per heavy atom. The number of aryl methyl sites for hydroxylation is 1. The molecule has 1 unspecified atom stereocenters. The zero-order valence-electron chi connectivity index (χ0n) is 22.2. The van der Waals surface area contributed by atoms with Crippen molar-refractivity contribution in [3.05, 3.63) is 38.9 Å². The summed E-state index contributed by atoms with van der Waals surface area (Å²) in [4.78, 5) is 21.8. The number of aromatic nitrogens is 1. The SMILES string of the molecule is CC=N/C=c1/c2c(c(-c3ncc(C)c4sc(NC(=O)OC(C)(C)C)c(C#N)c34)c(P)c1=C(C)C)COC2. The molecule has 4 rings (SSSR count). The highest BCUT2D eigenvalue weighted by atomic mass is 32.1. The van der Waals surface area contributed by atoms with Crippen molar-refractivity contribution >= 4 is 65.0 Å². The van der Waals surface area contributed by atoms with Crippen molar-refractivity contribution in [1.82, 2.24) is 4.98 Å². The van der Waals surface area contributed by atoms with Crippen LogP contribution in [0.5, 0.6) is 0 Å². The Kier molecular flexibility index (Phi) is 7.52. The standard InChI is InChI=1S/C28H31N4O3PS/c1-8-30-11-17-18-12-34-13-19(18)21(24(36)20(17)14(2)3)23-22-16(9-29)26(32-27(33)35-28(5,6)7)37-25(22)15(4)10-31-23/h8,10-11H,12-13,36H2,1-7H3,(H,32,33)/b17-11-,30-8?. The van der Waals surface area contributed by atoms with E-state index >= 15 is 0 Å². The molecule has 0 bridgehead atoms. The largest absolute Gasteiger partial charge is 0.444 e. The summed E-state index contributed by atoms with van der Waals surface area (Å²) in [5, 5.41) is 17.3. The summed E-state index contributed by atoms with van der Waals surface area (Å²) in [6.45, 7) is 14.3. The van der Waals surface area contributed by atoms with Crippen LogP contribution in [0.15, 0.2) is 11.2 Å². The Balaban J connectivity index is 2.07. The van der Waals surface area contributed by atoms with Gasteiger partial charge < -0.3 is 9.47 Å². The molecule has 0 saturated carbocycles. The fraction of sp³-hybridized carbons (Fsp3) is 0.357. The number of anilines is 1. The molecule has 1 aliphatic heterocycles. The molecular formula is C28H31N4O3PS. The zero-order valence-corrected chi connectivity index (χ0v) is 24.2. The van der Waals surface area contributed by atoms with Gasteiger partial charge in [0.2, 0.25) is 0 Å². The number of nitriles is 1. The molecule has 1 N–H and O–H groups in total. The number of aliphatic imine (C=N–C) groups is 1. The van der Waals surface area contributed by atoms with Crippen LogP contribution in [0.1, 0.15) is 63.8 Å². The Labute approximate surface area is 223 Å². The van der Waals surface area contributed by atoms with E-state index in [0.29, 0.717) is 29.5 Å². The minimum atomic E-state index is -0.656. The lowest BCUT2D eigenvalue weighted by Crippen LogP contribution is -2.40. The highest BCUT2D eigenvalue weighted by molar-refractivity contribution is 7.28. The van der Waals surface area contributed by atoms with Gasteiger partial charge in [0.05, 0.1) is 24.5 Å². The minimum absolute atomic E-state index is 0.374. The van der Waals surface area contributed by atoms with Gasteiger partial charge in [-0.15, -0.1) is 20.6 Å². The number of thiophene rings is 1. The second-order valence-corrected chi connectivity index (χ2v) is 11.7. The van der Waals surface area contributed by atoms with E-state index in [2.05, 4.69) is 39.5 Å². The second kappa shape index (κ2) is 10.3. The number of hydrogen-bond acceptors (Lipinski definition) is 7. The number of nitrogens with one attached hydrogen (secondary N) is 1. The summed E-state index contributed by atoms with van der Waals surface area (Å²) in [6, 6.07) is 2.32. The van der Waals surface area contributed by atoms with Crippen LogP contribution < -0.4 is 21.1 Å². The van der Waals surface area contributed by atoms with E-state index < -0.39 is 11.7 Å². The molecule has 0 radical (unpaired) electrons. The van der Waals surface area contributed by atoms with Gasteiger partial charge in [-0.3, -0.25) is 15.3 Å². The molecule has 3 heterocycles. The van der Waals surface area contributed by atoms with Crippen LogP contribution >= 0.6 is 20.6 Å². The van der Waals surface area contributed by atoms with Crippen LogP contribution in [-0.4, -0.2) is 22.9 Å². The Morgan fingerprint density at radius 2 is 2.03 bits per heavy atom. The fourth-order valence-corrected chi connectivity index (χ4v) is 6.43. The lowest BCUT2D eigenvalue weighted by Gasteiger charge is -2.19. The fourth-order valence-electron chi connectivity index (χ4n) is 4.58. The normalized spacial score (nSPS) is 13.8. The topological polar surface area (TPSA) is 96.6 Å². The van der Waals surface area contributed by atoms with Crippen molar-refractivity contribution in [2.24, 2.45) is 4.99 Å². The first-order chi connectivity index (χ1) is 17.5. The molecular weight excluding hydrogens is 503 g/mol. The van der Waals surface area contributed by atoms with E-state index in [4.69, 9.17) is 14.5 Å². The maximum Gasteiger partial charge on any atom is 0.412 e. The number of nitrogens with zero attached hydrogens (tertiary/aromatic N) is 3. The first kappa shape index (κ1) is 26.9. The van der Waals surface area contributed by atoms with Gasteiger partial charge >= 0.3 is 6.09 Å². The third-order valence-electron chi connectivity index (χ3n) is 6.00. The number of carbonyl (C=O) groups is 1. The number of rotatable bonds is 3. The summed E-state index contributed by atoms with van der Waals surface area (Å²) in [5.74, 6) is 0. The predicted octanol–water partition coefficient (Wildman–Crippen LogP) is 5.04. The number of pyridine rings is 1. The summed E-state index contributed by atoms with van der Waals surface area (Å²) in [5.41, 5.74) is 5.55. The molecule has 1 aromatic carbocycles. The summed E-state index contributed by atoms with van der Waals surface area (Å²) < 4.78 is 12.3. The van der Waals surface area contributed by atoms with Gasteiger partial charge in [-0.1, -0.05) is 5.57 Å². The van der Waals surface area contributed by atoms with Crippen molar-refractivity contribution in [3.8, 4) is 17.3 Å². The first-order valence-corrected chi connectivity index (χ1v) is 13.4. The lowest BCUT2D eigenvalue weighted by atomic mass is 9.93. The second-order valence-electron chi connectivity index (χ2n) is 10.1. The van der Waals surface area contributed by atoms with E-state index in [9.17, 15) is 10.1 Å². The molecule has 1 atom stereocenters. The van der Waals surface area contributed by atoms with E-state index in [1.807, 2.05) is 26.2 Å². The molecule has 37 heavy (non-hydrogen) atoms. The number of benzene rings is 1. The van der Waals surface area contributed by atoms with E-state index in [-0.39, 0.29) is 0 Å². The van der Waals surface area contributed by atoms with Crippen molar-refractivity contribution in [3.63, 3.8) is 0 Å². The molecule has 1 amide bonds. The number of ether oxygens (including phenoxy) is 2. The number of carbonyl (C=O) groups excluding carboxylic acids is 1. The van der Waals surface area contributed by atoms with Crippen LogP contribution in [0.2, 0.25) is 0 Å². The van der Waals surface area contributed by atoms with Crippen molar-refractivity contribution in [2.45, 2.75) is 67.3 Å². The Hall–Kier alpha value is -3.11. The molecule has 2 aromatic heterocycles. The quantitative estimate of drug-likeness (QED) is 0.375. The van der Waals surface area contributed by atoms with Gasteiger partial charge in [-0.25, -0.2) is 4.79 Å². The third-order valence-corrected chi connectivity index (χ3v) is 7.82. The maximum absolute atomic E-state index is 12.6. The summed E-state index contributed by atoms with van der Waals surface area (Å²) >= 11 is 1.36. The van der Waals surface area contributed by atoms with Gasteiger partial charge in [0.15, 0.2) is 0 Å². The number of hydrogen-bond donors (Lipinski definition) is 1. The minimum Gasteiger partial charge on any atom is -0.444 e. The average Bonchev–Trinajstić information content (AvgIpc) is 3.42. The first-order valence-electron chi connectivity index (χ1n) is 12.0. The molecule has 0 spiro atoms. The molecule has 7 nitrogen and oxygen atoms in total. The predicted molar refractivity (Wildman–Crippen MR) is 155 cm³/mol. The van der Waals surface area contributed by atoms with Crippen LogP contribution in [0.3, 0.4) is 0 Å². The van der Waals surface area contributed by atoms with Crippen LogP contribution in [0.25, 0.3) is 33.1 Å². The van der Waals surface area contributed by atoms with E-state index in [0.717, 1.165) is 53.7 Å². The Morgan fingerprint density at radius 3 is 2.65 bits per heavy atom. The van der Waals surface area contributed by atoms with Crippen LogP contribution in [0, 0.1) is 18.3 Å². The molecule has 0 saturated heterocycles. The van der Waals surface area contributed by atoms with Crippen LogP contribution in [-0.2, 0) is 22.7 Å². The van der Waals surface area contributed by atoms with Crippen molar-refractivity contribution in [2.75, 3.05) is 5.32 Å². The van der Waals surface area contributed by atoms with Gasteiger partial charge in [0.1, 0.15) is 16.7 Å². The van der Waals surface area contributed by atoms with E-state index in [1.54, 1.807) is 27.0 Å². The maximum atomic E-state index is 12.6. The summed E-state index contributed by atoms with van der Waals surface area (Å²) in [6.07, 6.45) is 4.88. The smallest absolute Gasteiger partial charge is 0.412 e. The van der Waals surface area contributed by atoms with E-state index in [1.165, 1.54) is 11.3 Å². The monoisotopic (exact) mass is 534 g/mol. The Bertz CT molecular complexity index is 1620.